The molecule has 0 saturated carbocycles. The molecule has 1 unspecified atom stereocenters. The first-order chi connectivity index (χ1) is 9.65. The minimum atomic E-state index is -0.718. The molecule has 2 aliphatic heterocycles. The fraction of sp³-hybridized carbons (Fsp3) is 0.857. The number of hydrogen-bond donors (Lipinski definition) is 2. The highest BCUT2D eigenvalue weighted by molar-refractivity contribution is 7.99. The van der Waals surface area contributed by atoms with Gasteiger partial charge in [0, 0.05) is 50.0 Å². The van der Waals surface area contributed by atoms with Gasteiger partial charge in [-0.25, -0.2) is 0 Å². The summed E-state index contributed by atoms with van der Waals surface area (Å²) in [7, 11) is 0. The van der Waals surface area contributed by atoms with E-state index in [4.69, 9.17) is 5.11 Å². The second kappa shape index (κ2) is 7.88. The van der Waals surface area contributed by atoms with Gasteiger partial charge in [0.05, 0.1) is 0 Å². The predicted molar refractivity (Wildman–Crippen MR) is 79.9 cm³/mol. The van der Waals surface area contributed by atoms with Crippen molar-refractivity contribution < 1.29 is 14.7 Å². The second-order valence-electron chi connectivity index (χ2n) is 5.69. The highest BCUT2D eigenvalue weighted by Crippen LogP contribution is 2.23. The summed E-state index contributed by atoms with van der Waals surface area (Å²) in [5, 5.41) is 12.1. The molecule has 0 aromatic carbocycles. The number of carbonyl (C=O) groups excluding carboxylic acids is 1. The van der Waals surface area contributed by atoms with E-state index >= 15 is 0 Å². The van der Waals surface area contributed by atoms with E-state index in [1.807, 2.05) is 16.7 Å². The Kier molecular flexibility index (Phi) is 6.16. The van der Waals surface area contributed by atoms with Gasteiger partial charge in [0.15, 0.2) is 0 Å². The molecule has 1 atom stereocenters. The molecule has 6 heteroatoms. The molecule has 0 spiro atoms. The van der Waals surface area contributed by atoms with E-state index in [-0.39, 0.29) is 12.3 Å². The average molecular weight is 300 g/mol. The largest absolute Gasteiger partial charge is 0.481 e. The van der Waals surface area contributed by atoms with Gasteiger partial charge < -0.3 is 15.3 Å². The van der Waals surface area contributed by atoms with Crippen molar-refractivity contribution in [3.05, 3.63) is 0 Å². The zero-order valence-electron chi connectivity index (χ0n) is 11.8. The zero-order valence-corrected chi connectivity index (χ0v) is 12.7. The number of carbonyl (C=O) groups is 2. The summed E-state index contributed by atoms with van der Waals surface area (Å²) in [5.41, 5.74) is 0. The number of rotatable bonds is 5. The molecular weight excluding hydrogens is 276 g/mol. The number of thioether (sulfide) groups is 1. The van der Waals surface area contributed by atoms with Crippen molar-refractivity contribution in [3.8, 4) is 0 Å². The third kappa shape index (κ3) is 4.98. The van der Waals surface area contributed by atoms with E-state index in [0.29, 0.717) is 18.4 Å². The van der Waals surface area contributed by atoms with Crippen LogP contribution in [0.15, 0.2) is 0 Å². The van der Waals surface area contributed by atoms with Crippen LogP contribution in [-0.4, -0.2) is 59.1 Å². The molecule has 2 saturated heterocycles. The summed E-state index contributed by atoms with van der Waals surface area (Å²) in [5.74, 6) is 2.17. The molecule has 114 valence electrons. The summed E-state index contributed by atoms with van der Waals surface area (Å²) in [4.78, 5) is 24.7. The minimum Gasteiger partial charge on any atom is -0.481 e. The molecule has 2 aliphatic rings. The highest BCUT2D eigenvalue weighted by atomic mass is 32.2. The van der Waals surface area contributed by atoms with Crippen LogP contribution < -0.4 is 5.32 Å². The topological polar surface area (TPSA) is 69.6 Å². The van der Waals surface area contributed by atoms with E-state index in [2.05, 4.69) is 5.32 Å². The minimum absolute atomic E-state index is 0.252. The molecule has 0 aliphatic carbocycles. The van der Waals surface area contributed by atoms with Crippen LogP contribution in [0.25, 0.3) is 0 Å². The smallest absolute Gasteiger partial charge is 0.303 e. The molecule has 0 bridgehead atoms. The summed E-state index contributed by atoms with van der Waals surface area (Å²) < 4.78 is 0. The normalized spacial score (nSPS) is 24.6. The lowest BCUT2D eigenvalue weighted by Gasteiger charge is -2.33. The van der Waals surface area contributed by atoms with Gasteiger partial charge in [0.25, 0.3) is 0 Å². The third-order valence-electron chi connectivity index (χ3n) is 4.15. The number of hydrogen-bond acceptors (Lipinski definition) is 4. The molecule has 0 aromatic heterocycles. The van der Waals surface area contributed by atoms with Gasteiger partial charge in [-0.2, -0.15) is 11.8 Å². The monoisotopic (exact) mass is 300 g/mol. The van der Waals surface area contributed by atoms with Crippen molar-refractivity contribution in [2.75, 3.05) is 31.1 Å². The first-order valence-corrected chi connectivity index (χ1v) is 8.61. The molecule has 0 aromatic rings. The zero-order chi connectivity index (χ0) is 14.4. The van der Waals surface area contributed by atoms with Crippen molar-refractivity contribution >= 4 is 23.6 Å². The molecule has 2 N–H and O–H groups in total. The van der Waals surface area contributed by atoms with Crippen LogP contribution in [0.2, 0.25) is 0 Å². The molecule has 1 amide bonds. The van der Waals surface area contributed by atoms with E-state index in [1.54, 1.807) is 0 Å². The lowest BCUT2D eigenvalue weighted by Crippen LogP contribution is -2.44. The van der Waals surface area contributed by atoms with Crippen LogP contribution in [0, 0.1) is 5.92 Å². The van der Waals surface area contributed by atoms with Crippen LogP contribution in [0.1, 0.15) is 32.1 Å². The fourth-order valence-corrected chi connectivity index (χ4v) is 3.84. The first kappa shape index (κ1) is 15.6. The number of amides is 1. The molecule has 20 heavy (non-hydrogen) atoms. The van der Waals surface area contributed by atoms with Crippen LogP contribution in [-0.2, 0) is 9.59 Å². The summed E-state index contributed by atoms with van der Waals surface area (Å²) in [6.07, 6.45) is 3.50. The van der Waals surface area contributed by atoms with E-state index in [0.717, 1.165) is 50.4 Å². The SMILES string of the molecule is O=C(O)CCC1CCN(C(=O)CC2CSCCN2)CC1. The maximum absolute atomic E-state index is 12.2. The molecule has 2 fully saturated rings. The van der Waals surface area contributed by atoms with Crippen molar-refractivity contribution in [2.24, 2.45) is 5.92 Å². The van der Waals surface area contributed by atoms with Gasteiger partial charge in [0.1, 0.15) is 0 Å². The van der Waals surface area contributed by atoms with Crippen molar-refractivity contribution in [1.29, 1.82) is 0 Å². The number of carboxylic acid groups (broad SMARTS) is 1. The summed E-state index contributed by atoms with van der Waals surface area (Å²) in [6, 6.07) is 0.325. The Bertz CT molecular complexity index is 337. The van der Waals surface area contributed by atoms with Gasteiger partial charge in [-0.3, -0.25) is 9.59 Å². The standard InChI is InChI=1S/C14H24N2O3S/c17-13(9-12-10-20-8-5-15-12)16-6-3-11(4-7-16)1-2-14(18)19/h11-12,15H,1-10H2,(H,18,19). The van der Waals surface area contributed by atoms with Crippen molar-refractivity contribution in [1.82, 2.24) is 10.2 Å². The van der Waals surface area contributed by atoms with E-state index < -0.39 is 5.97 Å². The quantitative estimate of drug-likeness (QED) is 0.798. The molecule has 2 heterocycles. The third-order valence-corrected chi connectivity index (χ3v) is 5.28. The fourth-order valence-electron chi connectivity index (χ4n) is 2.89. The Morgan fingerprint density at radius 1 is 1.30 bits per heavy atom. The van der Waals surface area contributed by atoms with Gasteiger partial charge in [0.2, 0.25) is 5.91 Å². The molecular formula is C14H24N2O3S. The number of nitrogens with zero attached hydrogens (tertiary/aromatic N) is 1. The maximum atomic E-state index is 12.2. The number of carboxylic acids is 1. The Labute approximate surface area is 124 Å². The van der Waals surface area contributed by atoms with E-state index in [1.165, 1.54) is 0 Å². The molecule has 2 rings (SSSR count). The maximum Gasteiger partial charge on any atom is 0.303 e. The van der Waals surface area contributed by atoms with Gasteiger partial charge in [-0.05, 0) is 25.2 Å². The summed E-state index contributed by atoms with van der Waals surface area (Å²) >= 11 is 1.91. The van der Waals surface area contributed by atoms with Gasteiger partial charge in [-0.1, -0.05) is 0 Å². The molecule has 0 radical (unpaired) electrons. The first-order valence-electron chi connectivity index (χ1n) is 7.46. The van der Waals surface area contributed by atoms with Gasteiger partial charge >= 0.3 is 5.97 Å². The van der Waals surface area contributed by atoms with Crippen LogP contribution in [0.3, 0.4) is 0 Å². The predicted octanol–water partition coefficient (Wildman–Crippen LogP) is 1.18. The van der Waals surface area contributed by atoms with Crippen molar-refractivity contribution in [3.63, 3.8) is 0 Å². The van der Waals surface area contributed by atoms with Crippen LogP contribution >= 0.6 is 11.8 Å². The van der Waals surface area contributed by atoms with Crippen LogP contribution in [0.5, 0.6) is 0 Å². The van der Waals surface area contributed by atoms with Crippen LogP contribution in [0.4, 0.5) is 0 Å². The average Bonchev–Trinajstić information content (AvgIpc) is 2.46. The lowest BCUT2D eigenvalue weighted by molar-refractivity contribution is -0.138. The van der Waals surface area contributed by atoms with Crippen molar-refractivity contribution in [2.45, 2.75) is 38.1 Å². The second-order valence-corrected chi connectivity index (χ2v) is 6.84. The van der Waals surface area contributed by atoms with E-state index in [9.17, 15) is 9.59 Å². The Balaban J connectivity index is 1.67. The Morgan fingerprint density at radius 2 is 2.05 bits per heavy atom. The van der Waals surface area contributed by atoms with Gasteiger partial charge in [-0.15, -0.1) is 0 Å². The molecule has 5 nitrogen and oxygen atoms in total. The number of piperidine rings is 1. The Morgan fingerprint density at radius 3 is 2.65 bits per heavy atom. The highest BCUT2D eigenvalue weighted by Gasteiger charge is 2.25. The number of aliphatic carboxylic acids is 1. The summed E-state index contributed by atoms with van der Waals surface area (Å²) in [6.45, 7) is 2.59. The lowest BCUT2D eigenvalue weighted by atomic mass is 9.92. The number of nitrogens with one attached hydrogen (secondary N) is 1. The Hall–Kier alpha value is -0.750. The number of likely N-dealkylation sites (tertiary alicyclic amines) is 1.